The van der Waals surface area contributed by atoms with Gasteiger partial charge < -0.3 is 25.2 Å². The number of piperidine rings is 3. The molecular weight excluding hydrogens is 611 g/mol. The van der Waals surface area contributed by atoms with Gasteiger partial charge in [0.2, 0.25) is 17.7 Å². The predicted octanol–water partition coefficient (Wildman–Crippen LogP) is 5.99. The van der Waals surface area contributed by atoms with E-state index in [0.29, 0.717) is 45.3 Å². The number of hydrogen-bond donors (Lipinski definition) is 2. The molecule has 9 nitrogen and oxygen atoms in total. The van der Waals surface area contributed by atoms with E-state index in [9.17, 15) is 23.6 Å². The molecule has 2 aliphatic carbocycles. The van der Waals surface area contributed by atoms with Gasteiger partial charge in [-0.1, -0.05) is 31.4 Å². The normalized spacial score (nSPS) is 25.3. The Morgan fingerprint density at radius 2 is 1.58 bits per heavy atom. The monoisotopic (exact) mass is 668 g/mol. The molecule has 2 bridgehead atoms. The van der Waals surface area contributed by atoms with Crippen molar-refractivity contribution in [3.8, 4) is 0 Å². The minimum atomic E-state index is -0.857. The van der Waals surface area contributed by atoms with Gasteiger partial charge in [0.15, 0.2) is 0 Å². The van der Waals surface area contributed by atoms with Crippen molar-refractivity contribution >= 4 is 23.8 Å². The smallest absolute Gasteiger partial charge is 0.410 e. The Kier molecular flexibility index (Phi) is 10.8. The molecule has 10 heteroatoms. The van der Waals surface area contributed by atoms with Crippen LogP contribution >= 0.6 is 0 Å². The number of nitrogens with one attached hydrogen (secondary N) is 2. The van der Waals surface area contributed by atoms with Gasteiger partial charge in [-0.15, -0.1) is 0 Å². The average molecular weight is 669 g/mol. The van der Waals surface area contributed by atoms with Crippen molar-refractivity contribution in [3.05, 3.63) is 35.6 Å². The zero-order valence-electron chi connectivity index (χ0n) is 29.9. The number of carbonyl (C=O) groups excluding carboxylic acids is 4. The Hall–Kier alpha value is -3.17. The van der Waals surface area contributed by atoms with Crippen molar-refractivity contribution < 1.29 is 28.3 Å². The summed E-state index contributed by atoms with van der Waals surface area (Å²) in [4.78, 5) is 58.9. The Bertz CT molecular complexity index is 1320. The first kappa shape index (κ1) is 36.1. The van der Waals surface area contributed by atoms with E-state index in [2.05, 4.69) is 10.6 Å². The van der Waals surface area contributed by atoms with Crippen molar-refractivity contribution in [2.45, 2.75) is 135 Å². The van der Waals surface area contributed by atoms with Crippen LogP contribution < -0.4 is 10.6 Å². The third-order valence-corrected chi connectivity index (χ3v) is 11.0. The minimum Gasteiger partial charge on any atom is -0.444 e. The summed E-state index contributed by atoms with van der Waals surface area (Å²) in [6, 6.07) is 4.88. The van der Waals surface area contributed by atoms with Crippen LogP contribution in [0.5, 0.6) is 0 Å². The van der Waals surface area contributed by atoms with Crippen LogP contribution in [0.3, 0.4) is 0 Å². The number of hydrogen-bond acceptors (Lipinski definition) is 5. The number of rotatable bonds is 7. The maximum Gasteiger partial charge on any atom is 0.410 e. The van der Waals surface area contributed by atoms with Crippen LogP contribution in [-0.4, -0.2) is 76.5 Å². The summed E-state index contributed by atoms with van der Waals surface area (Å²) < 4.78 is 19.5. The van der Waals surface area contributed by atoms with Crippen molar-refractivity contribution in [1.82, 2.24) is 20.4 Å². The fraction of sp³-hybridized carbons (Fsp3) is 0.737. The standard InChI is InChI=1S/C38H57FN4O5/c1-36(2,3)41-34(46)38(27-10-8-7-9-11-27)18-20-42(21-19-38)33(45)30(23-25-12-15-28(39)16-13-25)40-32(44)29-22-26-14-17-31(29)43(24-26)35(47)48-37(4,5)6/h12-13,15-16,26-27,29-31H,7-11,14,17-24H2,1-6H3,(H,40,44)(H,41,46). The molecule has 0 radical (unpaired) electrons. The SMILES string of the molecule is CC(C)(C)NC(=O)C1(C2CCCCC2)CCN(C(=O)C(Cc2ccc(F)cc2)NC(=O)C2CC3CCC2N(C(=O)OC(C)(C)C)C3)CC1. The molecule has 2 N–H and O–H groups in total. The van der Waals surface area contributed by atoms with E-state index < -0.39 is 29.1 Å². The first-order valence-corrected chi connectivity index (χ1v) is 18.2. The number of nitrogens with zero attached hydrogens (tertiary/aromatic N) is 2. The second kappa shape index (κ2) is 14.4. The lowest BCUT2D eigenvalue weighted by molar-refractivity contribution is -0.148. The summed E-state index contributed by atoms with van der Waals surface area (Å²) in [6.45, 7) is 13.0. The van der Waals surface area contributed by atoms with E-state index >= 15 is 0 Å². The maximum absolute atomic E-state index is 14.3. The second-order valence-electron chi connectivity index (χ2n) is 16.9. The number of carbonyl (C=O) groups is 4. The second-order valence-corrected chi connectivity index (χ2v) is 16.9. The van der Waals surface area contributed by atoms with Gasteiger partial charge in [-0.3, -0.25) is 14.4 Å². The molecule has 4 unspecified atom stereocenters. The third-order valence-electron chi connectivity index (χ3n) is 11.0. The number of benzene rings is 1. The van der Waals surface area contributed by atoms with Crippen LogP contribution in [0.15, 0.2) is 24.3 Å². The van der Waals surface area contributed by atoms with E-state index in [1.54, 1.807) is 21.9 Å². The van der Waals surface area contributed by atoms with E-state index in [0.717, 1.165) is 37.7 Å². The summed E-state index contributed by atoms with van der Waals surface area (Å²) in [6.07, 6.45) is 8.79. The fourth-order valence-electron chi connectivity index (χ4n) is 8.63. The molecule has 4 atom stereocenters. The summed E-state index contributed by atoms with van der Waals surface area (Å²) in [5, 5.41) is 6.36. The molecule has 5 aliphatic rings. The van der Waals surface area contributed by atoms with Crippen LogP contribution in [0.1, 0.15) is 111 Å². The quantitative estimate of drug-likeness (QED) is 0.371. The molecule has 1 aromatic rings. The molecule has 1 aromatic carbocycles. The maximum atomic E-state index is 14.3. The zero-order valence-corrected chi connectivity index (χ0v) is 29.9. The Balaban J connectivity index is 1.33. The summed E-state index contributed by atoms with van der Waals surface area (Å²) in [5.41, 5.74) is -0.775. The molecule has 3 aliphatic heterocycles. The number of likely N-dealkylation sites (tertiary alicyclic amines) is 1. The molecule has 6 rings (SSSR count). The van der Waals surface area contributed by atoms with E-state index in [1.165, 1.54) is 18.6 Å². The third kappa shape index (κ3) is 8.51. The molecule has 266 valence electrons. The van der Waals surface area contributed by atoms with Gasteiger partial charge in [-0.2, -0.15) is 0 Å². The van der Waals surface area contributed by atoms with Crippen LogP contribution in [-0.2, 0) is 25.5 Å². The fourth-order valence-corrected chi connectivity index (χ4v) is 8.63. The van der Waals surface area contributed by atoms with Crippen LogP contribution in [0.2, 0.25) is 0 Å². The summed E-state index contributed by atoms with van der Waals surface area (Å²) >= 11 is 0. The summed E-state index contributed by atoms with van der Waals surface area (Å²) in [7, 11) is 0. The van der Waals surface area contributed by atoms with Crippen molar-refractivity contribution in [1.29, 1.82) is 0 Å². The minimum absolute atomic E-state index is 0.0899. The molecule has 2 saturated carbocycles. The van der Waals surface area contributed by atoms with E-state index in [1.807, 2.05) is 41.5 Å². The Morgan fingerprint density at radius 1 is 0.938 bits per heavy atom. The van der Waals surface area contributed by atoms with Gasteiger partial charge in [-0.25, -0.2) is 9.18 Å². The van der Waals surface area contributed by atoms with Crippen LogP contribution in [0, 0.1) is 29.0 Å². The number of fused-ring (bicyclic) bond motifs is 3. The highest BCUT2D eigenvalue weighted by atomic mass is 19.1. The highest BCUT2D eigenvalue weighted by Gasteiger charge is 2.50. The van der Waals surface area contributed by atoms with E-state index in [-0.39, 0.29) is 53.4 Å². The zero-order chi connectivity index (χ0) is 34.9. The topological polar surface area (TPSA) is 108 Å². The van der Waals surface area contributed by atoms with Gasteiger partial charge in [0.05, 0.1) is 11.3 Å². The van der Waals surface area contributed by atoms with Crippen molar-refractivity contribution in [2.75, 3.05) is 19.6 Å². The van der Waals surface area contributed by atoms with Gasteiger partial charge in [0.25, 0.3) is 0 Å². The molecule has 48 heavy (non-hydrogen) atoms. The Labute approximate surface area is 286 Å². The average Bonchev–Trinajstić information content (AvgIpc) is 3.04. The van der Waals surface area contributed by atoms with E-state index in [4.69, 9.17) is 4.74 Å². The lowest BCUT2D eigenvalue weighted by Crippen LogP contribution is -2.62. The Morgan fingerprint density at radius 3 is 2.17 bits per heavy atom. The molecule has 3 heterocycles. The lowest BCUT2D eigenvalue weighted by Gasteiger charge is -2.49. The molecule has 5 fully saturated rings. The first-order chi connectivity index (χ1) is 22.5. The molecule has 4 amide bonds. The van der Waals surface area contributed by atoms with Crippen molar-refractivity contribution in [3.63, 3.8) is 0 Å². The van der Waals surface area contributed by atoms with Gasteiger partial charge in [0.1, 0.15) is 17.5 Å². The van der Waals surface area contributed by atoms with Crippen molar-refractivity contribution in [2.24, 2.45) is 23.2 Å². The predicted molar refractivity (Wildman–Crippen MR) is 182 cm³/mol. The number of ether oxygens (including phenoxy) is 1. The van der Waals surface area contributed by atoms with Crippen LogP contribution in [0.25, 0.3) is 0 Å². The highest BCUT2D eigenvalue weighted by molar-refractivity contribution is 5.90. The lowest BCUT2D eigenvalue weighted by atomic mass is 9.63. The molecule has 0 aromatic heterocycles. The van der Waals surface area contributed by atoms with Gasteiger partial charge >= 0.3 is 6.09 Å². The van der Waals surface area contributed by atoms with Crippen LogP contribution in [0.4, 0.5) is 9.18 Å². The first-order valence-electron chi connectivity index (χ1n) is 18.2. The molecule has 3 saturated heterocycles. The van der Waals surface area contributed by atoms with Gasteiger partial charge in [-0.05, 0) is 116 Å². The summed E-state index contributed by atoms with van der Waals surface area (Å²) in [5.74, 6) is -0.673. The number of halogens is 1. The highest BCUT2D eigenvalue weighted by Crippen LogP contribution is 2.47. The molecular formula is C38H57FN4O5. The number of amides is 4. The van der Waals surface area contributed by atoms with Gasteiger partial charge in [0, 0.05) is 37.6 Å². The molecule has 0 spiro atoms. The largest absolute Gasteiger partial charge is 0.444 e.